The lowest BCUT2D eigenvalue weighted by Crippen LogP contribution is -2.43. The molecule has 0 unspecified atom stereocenters. The highest BCUT2D eigenvalue weighted by molar-refractivity contribution is 7.22. The highest BCUT2D eigenvalue weighted by Crippen LogP contribution is 2.32. The zero-order valence-electron chi connectivity index (χ0n) is 18.8. The first-order valence-electron chi connectivity index (χ1n) is 10.5. The molecule has 0 bridgehead atoms. The molecule has 0 atom stereocenters. The van der Waals surface area contributed by atoms with Crippen LogP contribution in [0.5, 0.6) is 11.9 Å². The molecule has 1 aromatic carbocycles. The molecule has 0 spiro atoms. The number of amides is 1. The van der Waals surface area contributed by atoms with E-state index in [0.717, 1.165) is 23.3 Å². The van der Waals surface area contributed by atoms with Gasteiger partial charge in [0.1, 0.15) is 5.69 Å². The van der Waals surface area contributed by atoms with Crippen LogP contribution >= 0.6 is 11.3 Å². The second-order valence-corrected chi connectivity index (χ2v) is 8.60. The van der Waals surface area contributed by atoms with Crippen LogP contribution in [-0.2, 0) is 4.74 Å². The molecule has 0 aliphatic carbocycles. The van der Waals surface area contributed by atoms with Gasteiger partial charge in [-0.3, -0.25) is 14.6 Å². The Labute approximate surface area is 190 Å². The van der Waals surface area contributed by atoms with Crippen LogP contribution in [0.25, 0.3) is 10.2 Å². The van der Waals surface area contributed by atoms with Crippen LogP contribution in [0.15, 0.2) is 18.2 Å². The maximum atomic E-state index is 13.6. The van der Waals surface area contributed by atoms with Gasteiger partial charge in [-0.15, -0.1) is 0 Å². The second kappa shape index (κ2) is 9.76. The molecule has 1 saturated heterocycles. The molecule has 2 aromatic heterocycles. The lowest BCUT2D eigenvalue weighted by Gasteiger charge is -2.29. The number of thiazole rings is 1. The first-order chi connectivity index (χ1) is 15.5. The van der Waals surface area contributed by atoms with Crippen molar-refractivity contribution in [2.75, 3.05) is 58.5 Å². The van der Waals surface area contributed by atoms with Gasteiger partial charge >= 0.3 is 6.01 Å². The van der Waals surface area contributed by atoms with Gasteiger partial charge in [0.15, 0.2) is 5.13 Å². The summed E-state index contributed by atoms with van der Waals surface area (Å²) in [6.07, 6.45) is 0. The number of ether oxygens (including phenoxy) is 3. The topological polar surface area (TPSA) is 89.9 Å². The van der Waals surface area contributed by atoms with Crippen molar-refractivity contribution < 1.29 is 19.0 Å². The van der Waals surface area contributed by atoms with Crippen molar-refractivity contribution in [1.82, 2.24) is 19.9 Å². The summed E-state index contributed by atoms with van der Waals surface area (Å²) in [6.45, 7) is 8.42. The van der Waals surface area contributed by atoms with Crippen LogP contribution in [-0.4, -0.2) is 79.4 Å². The molecule has 10 heteroatoms. The average Bonchev–Trinajstić information content (AvgIpc) is 3.21. The van der Waals surface area contributed by atoms with Crippen molar-refractivity contribution in [2.45, 2.75) is 13.8 Å². The largest absolute Gasteiger partial charge is 0.481 e. The minimum absolute atomic E-state index is 0.0800. The number of rotatable bonds is 7. The van der Waals surface area contributed by atoms with E-state index in [0.29, 0.717) is 31.4 Å². The van der Waals surface area contributed by atoms with Gasteiger partial charge in [-0.1, -0.05) is 11.3 Å². The molecule has 170 valence electrons. The second-order valence-electron chi connectivity index (χ2n) is 7.59. The van der Waals surface area contributed by atoms with E-state index in [-0.39, 0.29) is 23.5 Å². The maximum Gasteiger partial charge on any atom is 0.320 e. The lowest BCUT2D eigenvalue weighted by atomic mass is 10.1. The van der Waals surface area contributed by atoms with Crippen molar-refractivity contribution in [3.05, 3.63) is 35.0 Å². The number of anilines is 1. The summed E-state index contributed by atoms with van der Waals surface area (Å²) in [4.78, 5) is 30.7. The molecule has 3 aromatic rings. The quantitative estimate of drug-likeness (QED) is 0.535. The van der Waals surface area contributed by atoms with Gasteiger partial charge in [-0.25, -0.2) is 4.98 Å². The van der Waals surface area contributed by atoms with E-state index >= 15 is 0 Å². The summed E-state index contributed by atoms with van der Waals surface area (Å²) in [7, 11) is 2.95. The van der Waals surface area contributed by atoms with Crippen LogP contribution in [0.1, 0.15) is 21.6 Å². The Morgan fingerprint density at radius 2 is 1.84 bits per heavy atom. The standard InChI is InChI=1S/C22H27N5O4S/c1-14-11-16-18(12-15(14)2)32-22(24-16)27(6-5-26-7-9-31-10-8-26)20(28)17-13-19(29-3)25-21(23-17)30-4/h11-13H,5-10H2,1-4H3. The van der Waals surface area contributed by atoms with Gasteiger partial charge in [0.2, 0.25) is 5.88 Å². The fourth-order valence-electron chi connectivity index (χ4n) is 3.48. The zero-order valence-corrected chi connectivity index (χ0v) is 19.6. The summed E-state index contributed by atoms with van der Waals surface area (Å²) in [6, 6.07) is 5.78. The SMILES string of the molecule is COc1cc(C(=O)N(CCN2CCOCC2)c2nc3cc(C)c(C)cc3s2)nc(OC)n1. The van der Waals surface area contributed by atoms with Crippen molar-refractivity contribution in [2.24, 2.45) is 0 Å². The number of fused-ring (bicyclic) bond motifs is 1. The first-order valence-corrected chi connectivity index (χ1v) is 11.3. The predicted molar refractivity (Wildman–Crippen MR) is 123 cm³/mol. The van der Waals surface area contributed by atoms with Gasteiger partial charge in [0.05, 0.1) is 37.6 Å². The van der Waals surface area contributed by atoms with Gasteiger partial charge in [0, 0.05) is 32.2 Å². The van der Waals surface area contributed by atoms with E-state index in [4.69, 9.17) is 19.2 Å². The number of nitrogens with zero attached hydrogens (tertiary/aromatic N) is 5. The average molecular weight is 458 g/mol. The fourth-order valence-corrected chi connectivity index (χ4v) is 4.55. The molecule has 1 aliphatic rings. The number of hydrogen-bond donors (Lipinski definition) is 0. The number of methoxy groups -OCH3 is 2. The van der Waals surface area contributed by atoms with Gasteiger partial charge in [-0.2, -0.15) is 9.97 Å². The lowest BCUT2D eigenvalue weighted by molar-refractivity contribution is 0.0391. The van der Waals surface area contributed by atoms with Crippen LogP contribution in [0.3, 0.4) is 0 Å². The Morgan fingerprint density at radius 1 is 1.09 bits per heavy atom. The number of benzene rings is 1. The zero-order chi connectivity index (χ0) is 22.7. The molecule has 9 nitrogen and oxygen atoms in total. The summed E-state index contributed by atoms with van der Waals surface area (Å²) in [5.41, 5.74) is 3.45. The van der Waals surface area contributed by atoms with Crippen molar-refractivity contribution in [1.29, 1.82) is 0 Å². The molecule has 4 rings (SSSR count). The smallest absolute Gasteiger partial charge is 0.320 e. The van der Waals surface area contributed by atoms with E-state index < -0.39 is 0 Å². The molecular weight excluding hydrogens is 430 g/mol. The number of hydrogen-bond acceptors (Lipinski definition) is 9. The molecule has 0 N–H and O–H groups in total. The van der Waals surface area contributed by atoms with E-state index in [9.17, 15) is 4.79 Å². The third-order valence-electron chi connectivity index (χ3n) is 5.51. The molecular formula is C22H27N5O4S. The monoisotopic (exact) mass is 457 g/mol. The molecule has 1 aliphatic heterocycles. The van der Waals surface area contributed by atoms with Crippen molar-refractivity contribution >= 4 is 32.6 Å². The first kappa shape index (κ1) is 22.4. The third kappa shape index (κ3) is 4.82. The Balaban J connectivity index is 1.69. The molecule has 0 saturated carbocycles. The number of carbonyl (C=O) groups excluding carboxylic acids is 1. The molecule has 1 fully saturated rings. The number of aryl methyl sites for hydroxylation is 2. The summed E-state index contributed by atoms with van der Waals surface area (Å²) < 4.78 is 16.9. The highest BCUT2D eigenvalue weighted by Gasteiger charge is 2.25. The Morgan fingerprint density at radius 3 is 2.56 bits per heavy atom. The third-order valence-corrected chi connectivity index (χ3v) is 6.55. The molecule has 32 heavy (non-hydrogen) atoms. The minimum Gasteiger partial charge on any atom is -0.481 e. The Hall–Kier alpha value is -2.82. The molecule has 1 amide bonds. The summed E-state index contributed by atoms with van der Waals surface area (Å²) in [5, 5.41) is 0.639. The number of morpholine rings is 1. The van der Waals surface area contributed by atoms with Gasteiger partial charge < -0.3 is 14.2 Å². The Bertz CT molecular complexity index is 1050. The Kier molecular flexibility index (Phi) is 6.83. The summed E-state index contributed by atoms with van der Waals surface area (Å²) >= 11 is 1.50. The normalized spacial score (nSPS) is 14.5. The van der Waals surface area contributed by atoms with E-state index in [2.05, 4.69) is 40.8 Å². The van der Waals surface area contributed by atoms with Crippen LogP contribution in [0.2, 0.25) is 0 Å². The molecule has 3 heterocycles. The van der Waals surface area contributed by atoms with Crippen LogP contribution < -0.4 is 14.4 Å². The number of aromatic nitrogens is 3. The minimum atomic E-state index is -0.273. The van der Waals surface area contributed by atoms with Gasteiger partial charge in [0.25, 0.3) is 5.91 Å². The van der Waals surface area contributed by atoms with E-state index in [1.807, 2.05) is 0 Å². The van der Waals surface area contributed by atoms with Gasteiger partial charge in [-0.05, 0) is 37.1 Å². The van der Waals surface area contributed by atoms with Crippen molar-refractivity contribution in [3.63, 3.8) is 0 Å². The van der Waals surface area contributed by atoms with Crippen LogP contribution in [0, 0.1) is 13.8 Å². The molecule has 0 radical (unpaired) electrons. The number of carbonyl (C=O) groups is 1. The highest BCUT2D eigenvalue weighted by atomic mass is 32.1. The van der Waals surface area contributed by atoms with Crippen molar-refractivity contribution in [3.8, 4) is 11.9 Å². The summed E-state index contributed by atoms with van der Waals surface area (Å²) in [5.74, 6) is -0.00589. The predicted octanol–water partition coefficient (Wildman–Crippen LogP) is 2.70. The fraction of sp³-hybridized carbons (Fsp3) is 0.455. The van der Waals surface area contributed by atoms with E-state index in [1.165, 1.54) is 42.7 Å². The maximum absolute atomic E-state index is 13.6. The van der Waals surface area contributed by atoms with E-state index in [1.54, 1.807) is 4.90 Å². The van der Waals surface area contributed by atoms with Crippen LogP contribution in [0.4, 0.5) is 5.13 Å².